The molecule has 0 spiro atoms. The maximum absolute atomic E-state index is 13.4. The Hall–Kier alpha value is -2.62. The molecule has 1 aliphatic rings. The zero-order valence-electron chi connectivity index (χ0n) is 15.7. The van der Waals surface area contributed by atoms with E-state index in [4.69, 9.17) is 16.3 Å². The normalized spacial score (nSPS) is 15.0. The van der Waals surface area contributed by atoms with Crippen LogP contribution in [0.15, 0.2) is 24.4 Å². The Balaban J connectivity index is 1.71. The Morgan fingerprint density at radius 3 is 2.63 bits per heavy atom. The van der Waals surface area contributed by atoms with Crippen molar-refractivity contribution in [2.75, 3.05) is 11.9 Å². The van der Waals surface area contributed by atoms with Crippen LogP contribution in [0.4, 0.5) is 34.0 Å². The number of hydrogen-bond acceptors (Lipinski definition) is 5. The molecule has 6 nitrogen and oxygen atoms in total. The van der Waals surface area contributed by atoms with E-state index >= 15 is 0 Å². The molecule has 1 aliphatic carbocycles. The lowest BCUT2D eigenvalue weighted by atomic mass is 9.89. The number of rotatable bonds is 5. The highest BCUT2D eigenvalue weighted by Gasteiger charge is 2.38. The summed E-state index contributed by atoms with van der Waals surface area (Å²) in [6.07, 6.45) is 0.0572. The molecule has 2 N–H and O–H groups in total. The average molecular weight is 447 g/mol. The topological polar surface area (TPSA) is 76.1 Å². The monoisotopic (exact) mass is 446 g/mol. The second-order valence-corrected chi connectivity index (χ2v) is 7.34. The number of amides is 1. The SMILES string of the molecule is O=C(NCC1CCCCC1)Oc1cnc(Nc2ccc(F)cc2Cl)nc1C(F)(F)F. The van der Waals surface area contributed by atoms with E-state index in [9.17, 15) is 22.4 Å². The summed E-state index contributed by atoms with van der Waals surface area (Å²) in [6, 6.07) is 3.30. The van der Waals surface area contributed by atoms with Gasteiger partial charge in [0.1, 0.15) is 5.82 Å². The number of aromatic nitrogens is 2. The molecule has 3 rings (SSSR count). The summed E-state index contributed by atoms with van der Waals surface area (Å²) in [6.45, 7) is 0.337. The predicted octanol–water partition coefficient (Wildman–Crippen LogP) is 5.70. The van der Waals surface area contributed by atoms with Crippen molar-refractivity contribution in [1.82, 2.24) is 15.3 Å². The van der Waals surface area contributed by atoms with Crippen LogP contribution in [0.2, 0.25) is 5.02 Å². The Bertz CT molecular complexity index is 905. The van der Waals surface area contributed by atoms with Crippen LogP contribution in [-0.4, -0.2) is 22.6 Å². The lowest BCUT2D eigenvalue weighted by molar-refractivity contribution is -0.142. The van der Waals surface area contributed by atoms with E-state index in [0.717, 1.165) is 50.4 Å². The number of carbonyl (C=O) groups is 1. The molecule has 1 amide bonds. The molecule has 1 aromatic heterocycles. The van der Waals surface area contributed by atoms with Crippen LogP contribution in [0.5, 0.6) is 5.75 Å². The van der Waals surface area contributed by atoms with Gasteiger partial charge in [-0.05, 0) is 37.0 Å². The third-order valence-electron chi connectivity index (χ3n) is 4.66. The summed E-state index contributed by atoms with van der Waals surface area (Å²) in [5, 5.41) is 4.92. The molecule has 1 heterocycles. The van der Waals surface area contributed by atoms with Gasteiger partial charge in [0.15, 0.2) is 11.4 Å². The molecule has 162 valence electrons. The Kier molecular flexibility index (Phi) is 6.96. The number of hydrogen-bond donors (Lipinski definition) is 2. The minimum absolute atomic E-state index is 0.0606. The van der Waals surface area contributed by atoms with Gasteiger partial charge in [0, 0.05) is 6.54 Å². The molecule has 0 bridgehead atoms. The third kappa shape index (κ3) is 5.94. The second-order valence-electron chi connectivity index (χ2n) is 6.93. The minimum Gasteiger partial charge on any atom is -0.406 e. The lowest BCUT2D eigenvalue weighted by Crippen LogP contribution is -2.33. The molecule has 30 heavy (non-hydrogen) atoms. The average Bonchev–Trinajstić information content (AvgIpc) is 2.69. The van der Waals surface area contributed by atoms with E-state index in [-0.39, 0.29) is 16.6 Å². The van der Waals surface area contributed by atoms with Crippen LogP contribution in [0.1, 0.15) is 37.8 Å². The maximum atomic E-state index is 13.4. The fraction of sp³-hybridized carbons (Fsp3) is 0.421. The maximum Gasteiger partial charge on any atom is 0.437 e. The summed E-state index contributed by atoms with van der Waals surface area (Å²) in [5.41, 5.74) is -1.31. The van der Waals surface area contributed by atoms with Gasteiger partial charge in [-0.15, -0.1) is 0 Å². The number of carbonyl (C=O) groups excluding carboxylic acids is 1. The van der Waals surface area contributed by atoms with Gasteiger partial charge >= 0.3 is 12.3 Å². The highest BCUT2D eigenvalue weighted by Crippen LogP contribution is 2.35. The first-order valence-corrected chi connectivity index (χ1v) is 9.72. The van der Waals surface area contributed by atoms with Crippen molar-refractivity contribution >= 4 is 29.3 Å². The van der Waals surface area contributed by atoms with Gasteiger partial charge in [-0.1, -0.05) is 30.9 Å². The third-order valence-corrected chi connectivity index (χ3v) is 4.98. The zero-order valence-corrected chi connectivity index (χ0v) is 16.5. The van der Waals surface area contributed by atoms with Crippen LogP contribution < -0.4 is 15.4 Å². The number of halogens is 5. The molecule has 1 fully saturated rings. The number of nitrogens with zero attached hydrogens (tertiary/aromatic N) is 2. The molecular weight excluding hydrogens is 428 g/mol. The van der Waals surface area contributed by atoms with Crippen LogP contribution in [0.3, 0.4) is 0 Å². The number of benzene rings is 1. The van der Waals surface area contributed by atoms with Gasteiger partial charge in [-0.3, -0.25) is 0 Å². The summed E-state index contributed by atoms with van der Waals surface area (Å²) >= 11 is 5.85. The quantitative estimate of drug-likeness (QED) is 0.576. The minimum atomic E-state index is -4.90. The Morgan fingerprint density at radius 1 is 1.23 bits per heavy atom. The second kappa shape index (κ2) is 9.46. The van der Waals surface area contributed by atoms with Gasteiger partial charge < -0.3 is 15.4 Å². The van der Waals surface area contributed by atoms with Crippen LogP contribution in [0, 0.1) is 11.7 Å². The van der Waals surface area contributed by atoms with Gasteiger partial charge in [0.25, 0.3) is 0 Å². The van der Waals surface area contributed by atoms with Gasteiger partial charge in [-0.25, -0.2) is 19.2 Å². The van der Waals surface area contributed by atoms with Crippen LogP contribution >= 0.6 is 11.6 Å². The lowest BCUT2D eigenvalue weighted by Gasteiger charge is -2.21. The predicted molar refractivity (Wildman–Crippen MR) is 102 cm³/mol. The number of anilines is 2. The molecule has 1 aromatic carbocycles. The first-order chi connectivity index (χ1) is 14.2. The molecule has 0 radical (unpaired) electrons. The molecule has 11 heteroatoms. The van der Waals surface area contributed by atoms with E-state index < -0.39 is 35.5 Å². The van der Waals surface area contributed by atoms with Crippen LogP contribution in [-0.2, 0) is 6.18 Å². The summed E-state index contributed by atoms with van der Waals surface area (Å²) in [5.74, 6) is -1.58. The van der Waals surface area contributed by atoms with Crippen molar-refractivity contribution in [3.8, 4) is 5.75 Å². The van der Waals surface area contributed by atoms with E-state index in [1.807, 2.05) is 0 Å². The van der Waals surface area contributed by atoms with Crippen molar-refractivity contribution in [2.45, 2.75) is 38.3 Å². The Morgan fingerprint density at radius 2 is 1.97 bits per heavy atom. The summed E-state index contributed by atoms with van der Waals surface area (Å²) in [7, 11) is 0. The van der Waals surface area contributed by atoms with E-state index in [0.29, 0.717) is 6.54 Å². The molecule has 0 atom stereocenters. The van der Waals surface area contributed by atoms with Gasteiger partial charge in [0.05, 0.1) is 16.9 Å². The molecular formula is C19H19ClF4N4O2. The largest absolute Gasteiger partial charge is 0.437 e. The molecule has 0 saturated heterocycles. The van der Waals surface area contributed by atoms with Crippen molar-refractivity contribution in [1.29, 1.82) is 0 Å². The van der Waals surface area contributed by atoms with Crippen LogP contribution in [0.25, 0.3) is 0 Å². The Labute approximate surface area is 175 Å². The number of ether oxygens (including phenoxy) is 1. The molecule has 2 aromatic rings. The fourth-order valence-electron chi connectivity index (χ4n) is 3.17. The summed E-state index contributed by atoms with van der Waals surface area (Å²) in [4.78, 5) is 19.1. The first-order valence-electron chi connectivity index (χ1n) is 9.34. The molecule has 1 saturated carbocycles. The van der Waals surface area contributed by atoms with Crippen molar-refractivity contribution in [3.63, 3.8) is 0 Å². The van der Waals surface area contributed by atoms with Gasteiger partial charge in [0.2, 0.25) is 5.95 Å². The number of nitrogens with one attached hydrogen (secondary N) is 2. The summed E-state index contributed by atoms with van der Waals surface area (Å²) < 4.78 is 58.2. The smallest absolute Gasteiger partial charge is 0.406 e. The standard InChI is InChI=1S/C19H19ClF4N4O2/c20-13-8-12(21)6-7-14(13)27-17-25-10-15(16(28-17)19(22,23)24)30-18(29)26-9-11-4-2-1-3-5-11/h6-8,10-11H,1-5,9H2,(H,26,29)(H,25,27,28). The van der Waals surface area contributed by atoms with Gasteiger partial charge in [-0.2, -0.15) is 13.2 Å². The van der Waals surface area contributed by atoms with E-state index in [1.54, 1.807) is 0 Å². The van der Waals surface area contributed by atoms with E-state index in [2.05, 4.69) is 20.6 Å². The highest BCUT2D eigenvalue weighted by atomic mass is 35.5. The van der Waals surface area contributed by atoms with Crippen molar-refractivity contribution < 1.29 is 27.1 Å². The molecule has 0 unspecified atom stereocenters. The molecule has 0 aliphatic heterocycles. The zero-order chi connectivity index (χ0) is 21.7. The first kappa shape index (κ1) is 22.1. The fourth-order valence-corrected chi connectivity index (χ4v) is 3.39. The highest BCUT2D eigenvalue weighted by molar-refractivity contribution is 6.33. The van der Waals surface area contributed by atoms with Crippen molar-refractivity contribution in [3.05, 3.63) is 40.9 Å². The van der Waals surface area contributed by atoms with Crippen molar-refractivity contribution in [2.24, 2.45) is 5.92 Å². The van der Waals surface area contributed by atoms with E-state index in [1.165, 1.54) is 6.07 Å². The number of alkyl halides is 3.